The Balaban J connectivity index is 2.03. The first kappa shape index (κ1) is 16.1. The molecule has 5 nitrogen and oxygen atoms in total. The van der Waals surface area contributed by atoms with Gasteiger partial charge in [0.1, 0.15) is 0 Å². The monoisotopic (exact) mass is 299 g/mol. The maximum absolute atomic E-state index is 5.55. The van der Waals surface area contributed by atoms with Gasteiger partial charge in [-0.1, -0.05) is 36.9 Å². The van der Waals surface area contributed by atoms with E-state index < -0.39 is 0 Å². The predicted molar refractivity (Wildman–Crippen MR) is 92.2 cm³/mol. The number of hydrogen-bond acceptors (Lipinski definition) is 3. The molecular weight excluding hydrogens is 274 g/mol. The molecule has 0 atom stereocenters. The molecule has 0 amide bonds. The maximum Gasteiger partial charge on any atom is 0.190 e. The quantitative estimate of drug-likeness (QED) is 0.419. The van der Waals surface area contributed by atoms with Crippen LogP contribution < -0.4 is 16.8 Å². The minimum absolute atomic E-state index is 0.0902. The van der Waals surface area contributed by atoms with Crippen LogP contribution in [0.15, 0.2) is 59.4 Å². The molecule has 22 heavy (non-hydrogen) atoms. The molecule has 1 aliphatic heterocycles. The zero-order valence-corrected chi connectivity index (χ0v) is 13.0. The van der Waals surface area contributed by atoms with Crippen LogP contribution >= 0.6 is 0 Å². The molecule has 1 fully saturated rings. The molecule has 0 bridgehead atoms. The first-order chi connectivity index (χ1) is 10.6. The highest BCUT2D eigenvalue weighted by Gasteiger charge is 2.10. The number of guanidine groups is 1. The summed E-state index contributed by atoms with van der Waals surface area (Å²) < 4.78 is 0. The summed E-state index contributed by atoms with van der Waals surface area (Å²) in [5, 5.41) is 3.33. The Hall–Kier alpha value is -2.27. The molecule has 1 saturated heterocycles. The molecule has 0 unspecified atom stereocenters. The Bertz CT molecular complexity index is 537. The summed E-state index contributed by atoms with van der Waals surface area (Å²) in [5.74, 6) is 0.0902. The number of allylic oxidation sites excluding steroid dienone is 2. The Labute approximate surface area is 132 Å². The summed E-state index contributed by atoms with van der Waals surface area (Å²) in [5.41, 5.74) is 14.2. The Morgan fingerprint density at radius 3 is 2.55 bits per heavy atom. The van der Waals surface area contributed by atoms with Gasteiger partial charge in [-0.25, -0.2) is 4.99 Å². The number of piperazine rings is 1. The van der Waals surface area contributed by atoms with Gasteiger partial charge < -0.3 is 21.7 Å². The van der Waals surface area contributed by atoms with Gasteiger partial charge in [-0.3, -0.25) is 0 Å². The van der Waals surface area contributed by atoms with Crippen molar-refractivity contribution in [3.63, 3.8) is 0 Å². The second kappa shape index (κ2) is 8.24. The molecule has 1 aliphatic rings. The van der Waals surface area contributed by atoms with E-state index in [0.29, 0.717) is 0 Å². The number of nitrogens with zero attached hydrogens (tertiary/aromatic N) is 2. The third kappa shape index (κ3) is 5.26. The van der Waals surface area contributed by atoms with E-state index in [1.54, 1.807) is 0 Å². The largest absolute Gasteiger partial charge is 0.370 e. The molecule has 0 aromatic heterocycles. The predicted octanol–water partition coefficient (Wildman–Crippen LogP) is 1.20. The van der Waals surface area contributed by atoms with E-state index >= 15 is 0 Å². The van der Waals surface area contributed by atoms with Crippen molar-refractivity contribution >= 4 is 5.96 Å². The van der Waals surface area contributed by atoms with Crippen LogP contribution in [0, 0.1) is 0 Å². The van der Waals surface area contributed by atoms with Crippen molar-refractivity contribution in [3.05, 3.63) is 59.9 Å². The minimum Gasteiger partial charge on any atom is -0.370 e. The highest BCUT2D eigenvalue weighted by Crippen LogP contribution is 2.15. The van der Waals surface area contributed by atoms with Gasteiger partial charge >= 0.3 is 0 Å². The number of benzene rings is 1. The molecule has 0 spiro atoms. The third-order valence-electron chi connectivity index (χ3n) is 3.64. The van der Waals surface area contributed by atoms with Gasteiger partial charge in [-0.2, -0.15) is 0 Å². The SMILES string of the molecule is C=C(/C=C(/CCc1ccccc1)N=C(N)N)N1CCNCC1. The number of aryl methyl sites for hydroxylation is 1. The van der Waals surface area contributed by atoms with E-state index in [1.165, 1.54) is 5.56 Å². The molecule has 0 aliphatic carbocycles. The second-order valence-corrected chi connectivity index (χ2v) is 5.39. The van der Waals surface area contributed by atoms with Gasteiger partial charge in [-0.15, -0.1) is 0 Å². The Morgan fingerprint density at radius 2 is 1.91 bits per heavy atom. The van der Waals surface area contributed by atoms with Gasteiger partial charge in [-0.05, 0) is 24.5 Å². The van der Waals surface area contributed by atoms with Crippen molar-refractivity contribution in [1.29, 1.82) is 0 Å². The fourth-order valence-corrected chi connectivity index (χ4v) is 2.48. The van der Waals surface area contributed by atoms with Crippen molar-refractivity contribution in [2.75, 3.05) is 26.2 Å². The molecule has 0 radical (unpaired) electrons. The van der Waals surface area contributed by atoms with Crippen LogP contribution in [-0.4, -0.2) is 37.0 Å². The highest BCUT2D eigenvalue weighted by atomic mass is 15.2. The van der Waals surface area contributed by atoms with Crippen LogP contribution in [0.2, 0.25) is 0 Å². The fraction of sp³-hybridized carbons (Fsp3) is 0.353. The molecule has 5 heteroatoms. The van der Waals surface area contributed by atoms with E-state index in [4.69, 9.17) is 11.5 Å². The van der Waals surface area contributed by atoms with Crippen molar-refractivity contribution in [3.8, 4) is 0 Å². The highest BCUT2D eigenvalue weighted by molar-refractivity contribution is 5.76. The Morgan fingerprint density at radius 1 is 1.23 bits per heavy atom. The van der Waals surface area contributed by atoms with Gasteiger partial charge in [0, 0.05) is 37.6 Å². The van der Waals surface area contributed by atoms with Gasteiger partial charge in [0.15, 0.2) is 5.96 Å². The maximum atomic E-state index is 5.55. The van der Waals surface area contributed by atoms with Crippen molar-refractivity contribution in [2.24, 2.45) is 16.5 Å². The summed E-state index contributed by atoms with van der Waals surface area (Å²) in [6.45, 7) is 8.04. The summed E-state index contributed by atoms with van der Waals surface area (Å²) >= 11 is 0. The van der Waals surface area contributed by atoms with Gasteiger partial charge in [0.25, 0.3) is 0 Å². The fourth-order valence-electron chi connectivity index (χ4n) is 2.48. The molecule has 0 saturated carbocycles. The summed E-state index contributed by atoms with van der Waals surface area (Å²) in [7, 11) is 0. The van der Waals surface area contributed by atoms with Gasteiger partial charge in [0.05, 0.1) is 0 Å². The number of nitrogens with one attached hydrogen (secondary N) is 1. The van der Waals surface area contributed by atoms with E-state index in [1.807, 2.05) is 24.3 Å². The molecule has 1 heterocycles. The van der Waals surface area contributed by atoms with E-state index in [0.717, 1.165) is 50.4 Å². The molecule has 1 aromatic rings. The molecular formula is C17H25N5. The van der Waals surface area contributed by atoms with Crippen LogP contribution in [0.4, 0.5) is 0 Å². The average Bonchev–Trinajstić information content (AvgIpc) is 2.54. The zero-order valence-electron chi connectivity index (χ0n) is 13.0. The van der Waals surface area contributed by atoms with E-state index in [9.17, 15) is 0 Å². The number of nitrogens with two attached hydrogens (primary N) is 2. The normalized spacial score (nSPS) is 15.5. The summed E-state index contributed by atoms with van der Waals surface area (Å²) in [4.78, 5) is 6.51. The minimum atomic E-state index is 0.0902. The van der Waals surface area contributed by atoms with Crippen molar-refractivity contribution in [2.45, 2.75) is 12.8 Å². The molecule has 1 aromatic carbocycles. The topological polar surface area (TPSA) is 79.7 Å². The number of hydrogen-bond donors (Lipinski definition) is 3. The first-order valence-corrected chi connectivity index (χ1v) is 7.64. The van der Waals surface area contributed by atoms with Crippen LogP contribution in [0.3, 0.4) is 0 Å². The summed E-state index contributed by atoms with van der Waals surface area (Å²) in [6, 6.07) is 10.3. The van der Waals surface area contributed by atoms with Gasteiger partial charge in [0.2, 0.25) is 0 Å². The lowest BCUT2D eigenvalue weighted by Gasteiger charge is -2.29. The lowest BCUT2D eigenvalue weighted by molar-refractivity contribution is 0.308. The van der Waals surface area contributed by atoms with Crippen LogP contribution in [0.5, 0.6) is 0 Å². The van der Waals surface area contributed by atoms with Crippen molar-refractivity contribution in [1.82, 2.24) is 10.2 Å². The first-order valence-electron chi connectivity index (χ1n) is 7.64. The molecule has 5 N–H and O–H groups in total. The molecule has 118 valence electrons. The van der Waals surface area contributed by atoms with Crippen LogP contribution in [-0.2, 0) is 6.42 Å². The lowest BCUT2D eigenvalue weighted by Crippen LogP contribution is -2.42. The molecule has 2 rings (SSSR count). The number of rotatable bonds is 6. The smallest absolute Gasteiger partial charge is 0.190 e. The van der Waals surface area contributed by atoms with E-state index in [2.05, 4.69) is 33.9 Å². The standard InChI is InChI=1S/C17H25N5/c1-14(22-11-9-20-10-12-22)13-16(21-17(18)19)8-7-15-5-3-2-4-6-15/h2-6,13,20H,1,7-12H2,(H4,18,19,21)/b16-13-. The zero-order chi connectivity index (χ0) is 15.8. The van der Waals surface area contributed by atoms with Crippen molar-refractivity contribution < 1.29 is 0 Å². The van der Waals surface area contributed by atoms with E-state index in [-0.39, 0.29) is 5.96 Å². The average molecular weight is 299 g/mol. The van der Waals surface area contributed by atoms with Crippen LogP contribution in [0.25, 0.3) is 0 Å². The third-order valence-corrected chi connectivity index (χ3v) is 3.64. The van der Waals surface area contributed by atoms with Crippen LogP contribution in [0.1, 0.15) is 12.0 Å². The second-order valence-electron chi connectivity index (χ2n) is 5.39. The summed E-state index contributed by atoms with van der Waals surface area (Å²) in [6.07, 6.45) is 3.68. The lowest BCUT2D eigenvalue weighted by atomic mass is 10.1. The number of aliphatic imine (C=N–C) groups is 1. The Kier molecular flexibility index (Phi) is 6.03.